The fourth-order valence-electron chi connectivity index (χ4n) is 3.64. The molecule has 8 heteroatoms. The van der Waals surface area contributed by atoms with Crippen molar-refractivity contribution in [3.8, 4) is 5.75 Å². The molecule has 0 aliphatic carbocycles. The summed E-state index contributed by atoms with van der Waals surface area (Å²) in [4.78, 5) is 13.3. The van der Waals surface area contributed by atoms with Crippen molar-refractivity contribution >= 4 is 33.0 Å². The minimum atomic E-state index is -3.81. The molecule has 1 atom stereocenters. The van der Waals surface area contributed by atoms with Gasteiger partial charge in [-0.3, -0.25) is 4.79 Å². The Morgan fingerprint density at radius 1 is 1.13 bits per heavy atom. The number of ether oxygens (including phenoxy) is 1. The van der Waals surface area contributed by atoms with E-state index in [2.05, 4.69) is 5.32 Å². The number of carbonyl (C=O) groups excluding carboxylic acids is 1. The molecule has 0 saturated heterocycles. The van der Waals surface area contributed by atoms with Gasteiger partial charge in [0.25, 0.3) is 10.0 Å². The lowest BCUT2D eigenvalue weighted by atomic mass is 9.95. The average Bonchev–Trinajstić information content (AvgIpc) is 3.29. The van der Waals surface area contributed by atoms with Crippen molar-refractivity contribution in [3.05, 3.63) is 76.7 Å². The van der Waals surface area contributed by atoms with Gasteiger partial charge in [0.1, 0.15) is 16.0 Å². The van der Waals surface area contributed by atoms with Gasteiger partial charge in [-0.1, -0.05) is 36.4 Å². The number of benzene rings is 2. The van der Waals surface area contributed by atoms with Gasteiger partial charge in [-0.25, -0.2) is 8.42 Å². The van der Waals surface area contributed by atoms with Crippen molar-refractivity contribution in [2.75, 3.05) is 12.4 Å². The van der Waals surface area contributed by atoms with Crippen molar-refractivity contribution < 1.29 is 17.9 Å². The lowest BCUT2D eigenvalue weighted by Gasteiger charge is -2.34. The Hall–Kier alpha value is -2.68. The second-order valence-corrected chi connectivity index (χ2v) is 10.2. The Labute approximate surface area is 180 Å². The summed E-state index contributed by atoms with van der Waals surface area (Å²) in [6.07, 6.45) is 0.306. The summed E-state index contributed by atoms with van der Waals surface area (Å²) < 4.78 is 33.6. The summed E-state index contributed by atoms with van der Waals surface area (Å²) in [5.74, 6) is 0.145. The molecule has 2 heterocycles. The van der Waals surface area contributed by atoms with Gasteiger partial charge in [0, 0.05) is 6.54 Å². The van der Waals surface area contributed by atoms with Gasteiger partial charge in [-0.15, -0.1) is 11.3 Å². The Morgan fingerprint density at radius 3 is 2.60 bits per heavy atom. The lowest BCUT2D eigenvalue weighted by molar-refractivity contribution is -0.120. The summed E-state index contributed by atoms with van der Waals surface area (Å²) in [5.41, 5.74) is 3.37. The number of thiophene rings is 1. The number of nitrogens with one attached hydrogen (secondary N) is 1. The molecule has 1 N–H and O–H groups in total. The number of rotatable bonds is 5. The van der Waals surface area contributed by atoms with E-state index in [-0.39, 0.29) is 16.7 Å². The van der Waals surface area contributed by atoms with Crippen LogP contribution in [0.3, 0.4) is 0 Å². The molecule has 0 spiro atoms. The highest BCUT2D eigenvalue weighted by molar-refractivity contribution is 7.91. The highest BCUT2D eigenvalue weighted by Crippen LogP contribution is 2.32. The molecular formula is C22H22N2O4S2. The number of hydrogen-bond acceptors (Lipinski definition) is 5. The molecule has 1 unspecified atom stereocenters. The highest BCUT2D eigenvalue weighted by Gasteiger charge is 2.40. The molecule has 6 nitrogen and oxygen atoms in total. The first kappa shape index (κ1) is 20.6. The molecule has 1 aromatic heterocycles. The van der Waals surface area contributed by atoms with E-state index < -0.39 is 16.1 Å². The Bertz CT molecular complexity index is 1170. The third-order valence-corrected chi connectivity index (χ3v) is 8.41. The zero-order valence-corrected chi connectivity index (χ0v) is 18.3. The molecule has 3 aromatic rings. The summed E-state index contributed by atoms with van der Waals surface area (Å²) in [6.45, 7) is 2.07. The van der Waals surface area contributed by atoms with Crippen LogP contribution in [0.25, 0.3) is 0 Å². The first-order valence-electron chi connectivity index (χ1n) is 9.48. The lowest BCUT2D eigenvalue weighted by Crippen LogP contribution is -2.50. The summed E-state index contributed by atoms with van der Waals surface area (Å²) in [7, 11) is -2.28. The van der Waals surface area contributed by atoms with Crippen LogP contribution in [0.4, 0.5) is 5.69 Å². The number of sulfonamides is 1. The Kier molecular flexibility index (Phi) is 5.64. The minimum Gasteiger partial charge on any atom is -0.495 e. The second-order valence-electron chi connectivity index (χ2n) is 7.16. The van der Waals surface area contributed by atoms with Crippen molar-refractivity contribution in [1.29, 1.82) is 0 Å². The largest absolute Gasteiger partial charge is 0.495 e. The Morgan fingerprint density at radius 2 is 1.90 bits per heavy atom. The number of aryl methyl sites for hydroxylation is 1. The fourth-order valence-corrected chi connectivity index (χ4v) is 6.32. The predicted octanol–water partition coefficient (Wildman–Crippen LogP) is 3.82. The number of hydrogen-bond donors (Lipinski definition) is 1. The SMILES string of the molecule is COc1ccc(C)cc1NC(=O)C1Cc2ccccc2CN1S(=O)(=O)c1cccs1. The number of carbonyl (C=O) groups is 1. The van der Waals surface area contributed by atoms with Crippen LogP contribution in [0.5, 0.6) is 5.75 Å². The van der Waals surface area contributed by atoms with E-state index in [0.717, 1.165) is 28.0 Å². The van der Waals surface area contributed by atoms with Crippen LogP contribution in [0.15, 0.2) is 64.2 Å². The van der Waals surface area contributed by atoms with E-state index in [9.17, 15) is 13.2 Å². The maximum Gasteiger partial charge on any atom is 0.253 e. The van der Waals surface area contributed by atoms with Crippen LogP contribution in [-0.2, 0) is 27.8 Å². The molecule has 30 heavy (non-hydrogen) atoms. The van der Waals surface area contributed by atoms with Crippen LogP contribution in [0.1, 0.15) is 16.7 Å². The van der Waals surface area contributed by atoms with Crippen molar-refractivity contribution in [1.82, 2.24) is 4.31 Å². The summed E-state index contributed by atoms with van der Waals surface area (Å²) in [6, 6.07) is 15.5. The fraction of sp³-hybridized carbons (Fsp3) is 0.227. The number of anilines is 1. The van der Waals surface area contributed by atoms with Gasteiger partial charge in [0.2, 0.25) is 5.91 Å². The van der Waals surface area contributed by atoms with Crippen LogP contribution in [0.2, 0.25) is 0 Å². The van der Waals surface area contributed by atoms with Gasteiger partial charge in [-0.2, -0.15) is 4.31 Å². The van der Waals surface area contributed by atoms with E-state index in [0.29, 0.717) is 17.9 Å². The molecule has 0 bridgehead atoms. The smallest absolute Gasteiger partial charge is 0.253 e. The third kappa shape index (κ3) is 3.86. The van der Waals surface area contributed by atoms with Crippen LogP contribution >= 0.6 is 11.3 Å². The third-order valence-electron chi connectivity index (χ3n) is 5.18. The zero-order chi connectivity index (χ0) is 21.3. The number of fused-ring (bicyclic) bond motifs is 1. The van der Waals surface area contributed by atoms with Crippen LogP contribution in [0, 0.1) is 6.92 Å². The number of methoxy groups -OCH3 is 1. The quantitative estimate of drug-likeness (QED) is 0.652. The average molecular weight is 443 g/mol. The zero-order valence-electron chi connectivity index (χ0n) is 16.7. The van der Waals surface area contributed by atoms with E-state index in [1.165, 1.54) is 11.4 Å². The van der Waals surface area contributed by atoms with E-state index >= 15 is 0 Å². The molecule has 0 saturated carbocycles. The number of nitrogens with zero attached hydrogens (tertiary/aromatic N) is 1. The second kappa shape index (κ2) is 8.22. The maximum atomic E-state index is 13.3. The Balaban J connectivity index is 1.72. The normalized spacial score (nSPS) is 16.7. The van der Waals surface area contributed by atoms with Crippen molar-refractivity contribution in [3.63, 3.8) is 0 Å². The van der Waals surface area contributed by atoms with Gasteiger partial charge >= 0.3 is 0 Å². The monoisotopic (exact) mass is 442 g/mol. The van der Waals surface area contributed by atoms with Crippen LogP contribution < -0.4 is 10.1 Å². The minimum absolute atomic E-state index is 0.152. The first-order valence-corrected chi connectivity index (χ1v) is 11.8. The van der Waals surface area contributed by atoms with Crippen molar-refractivity contribution in [2.45, 2.75) is 30.1 Å². The maximum absolute atomic E-state index is 13.3. The molecule has 1 aliphatic rings. The van der Waals surface area contributed by atoms with E-state index in [4.69, 9.17) is 4.74 Å². The molecule has 0 fully saturated rings. The summed E-state index contributed by atoms with van der Waals surface area (Å²) >= 11 is 1.15. The van der Waals surface area contributed by atoms with Crippen LogP contribution in [-0.4, -0.2) is 31.8 Å². The molecule has 2 aromatic carbocycles. The van der Waals surface area contributed by atoms with Gasteiger partial charge in [-0.05, 0) is 53.6 Å². The number of amides is 1. The molecule has 4 rings (SSSR count). The molecule has 0 radical (unpaired) electrons. The van der Waals surface area contributed by atoms with E-state index in [1.807, 2.05) is 43.3 Å². The van der Waals surface area contributed by atoms with Gasteiger partial charge in [0.05, 0.1) is 12.8 Å². The predicted molar refractivity (Wildman–Crippen MR) is 117 cm³/mol. The molecule has 1 amide bonds. The highest BCUT2D eigenvalue weighted by atomic mass is 32.2. The van der Waals surface area contributed by atoms with E-state index in [1.54, 1.807) is 23.6 Å². The standard InChI is InChI=1S/C22H22N2O4S2/c1-15-9-10-20(28-2)18(12-15)23-22(25)19-13-16-6-3-4-7-17(16)14-24(19)30(26,27)21-8-5-11-29-21/h3-12,19H,13-14H2,1-2H3,(H,23,25). The van der Waals surface area contributed by atoms with Crippen molar-refractivity contribution in [2.24, 2.45) is 0 Å². The molecular weight excluding hydrogens is 420 g/mol. The summed E-state index contributed by atoms with van der Waals surface area (Å²) in [5, 5.41) is 4.60. The molecule has 1 aliphatic heterocycles. The van der Waals surface area contributed by atoms with Gasteiger partial charge < -0.3 is 10.1 Å². The molecule has 156 valence electrons. The van der Waals surface area contributed by atoms with Gasteiger partial charge in [0.15, 0.2) is 0 Å². The topological polar surface area (TPSA) is 75.7 Å². The first-order chi connectivity index (χ1) is 14.4.